The van der Waals surface area contributed by atoms with E-state index < -0.39 is 46.2 Å². The number of aliphatic carboxylic acids is 1. The largest absolute Gasteiger partial charge is 0.484 e. The fourth-order valence-corrected chi connectivity index (χ4v) is 6.89. The van der Waals surface area contributed by atoms with Crippen LogP contribution < -0.4 is 9.47 Å². The normalized spacial score (nSPS) is 12.8. The maximum atomic E-state index is 13.8. The number of benzene rings is 2. The molecule has 0 aliphatic rings. The first kappa shape index (κ1) is 29.0. The molecule has 4 rings (SSSR count). The number of carboxylic acid groups (broad SMARTS) is 1. The zero-order valence-corrected chi connectivity index (χ0v) is 22.6. The molecule has 0 spiro atoms. The van der Waals surface area contributed by atoms with Crippen LogP contribution in [0, 0.1) is 13.8 Å². The predicted molar refractivity (Wildman–Crippen MR) is 137 cm³/mol. The highest BCUT2D eigenvalue weighted by atomic mass is 32.2. The summed E-state index contributed by atoms with van der Waals surface area (Å²) in [5.74, 6) is -1.47. The Kier molecular flexibility index (Phi) is 8.16. The van der Waals surface area contributed by atoms with E-state index in [0.717, 1.165) is 3.97 Å². The van der Waals surface area contributed by atoms with Gasteiger partial charge in [-0.25, -0.2) is 22.2 Å². The number of aromatic nitrogens is 3. The second-order valence-corrected chi connectivity index (χ2v) is 11.7. The van der Waals surface area contributed by atoms with Crippen LogP contribution in [0.1, 0.15) is 16.8 Å². The maximum Gasteiger partial charge on any atom is 0.422 e. The van der Waals surface area contributed by atoms with Crippen LogP contribution in [0.3, 0.4) is 0 Å². The lowest BCUT2D eigenvalue weighted by Crippen LogP contribution is -2.20. The van der Waals surface area contributed by atoms with Crippen LogP contribution >= 0.6 is 0 Å². The molecule has 0 fully saturated rings. The molecule has 1 N–H and O–H groups in total. The lowest BCUT2D eigenvalue weighted by atomic mass is 10.2. The van der Waals surface area contributed by atoms with Crippen molar-refractivity contribution in [1.82, 2.24) is 13.9 Å². The van der Waals surface area contributed by atoms with E-state index in [1.165, 1.54) is 43.5 Å². The van der Waals surface area contributed by atoms with Gasteiger partial charge < -0.3 is 14.6 Å². The van der Waals surface area contributed by atoms with Crippen molar-refractivity contribution in [2.75, 3.05) is 13.2 Å². The van der Waals surface area contributed by atoms with E-state index in [0.29, 0.717) is 5.56 Å². The number of hydrogen-bond donors (Lipinski definition) is 1. The highest BCUT2D eigenvalue weighted by molar-refractivity contribution is 7.91. The summed E-state index contributed by atoms with van der Waals surface area (Å²) >= 11 is 0. The molecule has 10 nitrogen and oxygen atoms in total. The van der Waals surface area contributed by atoms with Crippen molar-refractivity contribution in [2.45, 2.75) is 35.8 Å². The lowest BCUT2D eigenvalue weighted by Gasteiger charge is -2.14. The molecular weight excluding hydrogens is 575 g/mol. The molecule has 0 saturated carbocycles. The number of rotatable bonds is 10. The van der Waals surface area contributed by atoms with E-state index in [1.807, 2.05) is 0 Å². The first-order chi connectivity index (χ1) is 18.8. The minimum atomic E-state index is -4.56. The smallest absolute Gasteiger partial charge is 0.422 e. The average Bonchev–Trinajstić information content (AvgIpc) is 3.28. The summed E-state index contributed by atoms with van der Waals surface area (Å²) in [5.41, 5.74) is 1.12. The number of aryl methyl sites for hydroxylation is 1. The molecule has 0 amide bonds. The van der Waals surface area contributed by atoms with Gasteiger partial charge in [0.1, 0.15) is 11.5 Å². The van der Waals surface area contributed by atoms with Gasteiger partial charge in [0, 0.05) is 11.8 Å². The molecule has 4 aromatic rings. The van der Waals surface area contributed by atoms with Gasteiger partial charge in [-0.1, -0.05) is 12.1 Å². The number of ether oxygens (including phenoxy) is 2. The first-order valence-corrected chi connectivity index (χ1v) is 14.2. The summed E-state index contributed by atoms with van der Waals surface area (Å²) in [4.78, 5) is 19.0. The van der Waals surface area contributed by atoms with Gasteiger partial charge in [0.15, 0.2) is 13.2 Å². The van der Waals surface area contributed by atoms with Crippen LogP contribution in [0.4, 0.5) is 13.2 Å². The third-order valence-corrected chi connectivity index (χ3v) is 8.68. The van der Waals surface area contributed by atoms with Crippen molar-refractivity contribution in [3.8, 4) is 11.5 Å². The minimum absolute atomic E-state index is 0.0962. The highest BCUT2D eigenvalue weighted by Gasteiger charge is 2.30. The SMILES string of the molecule is Cc1cc(S(=O)(=O)n2c(S(=O)Cc3nccc(OCC(F)(F)F)c3C)nc3ccccc32)ccc1OCC(=O)O. The number of carboxylic acids is 1. The molecule has 2 heterocycles. The highest BCUT2D eigenvalue weighted by Crippen LogP contribution is 2.30. The number of para-hydroxylation sites is 2. The Balaban J connectivity index is 1.73. The van der Waals surface area contributed by atoms with E-state index >= 15 is 0 Å². The topological polar surface area (TPSA) is 138 Å². The summed E-state index contributed by atoms with van der Waals surface area (Å²) in [6.07, 6.45) is -3.35. The molecule has 2 aromatic heterocycles. The van der Waals surface area contributed by atoms with Gasteiger partial charge in [-0.15, -0.1) is 0 Å². The minimum Gasteiger partial charge on any atom is -0.484 e. The van der Waals surface area contributed by atoms with Crippen LogP contribution in [0.25, 0.3) is 11.0 Å². The number of pyridine rings is 1. The number of alkyl halides is 3. The van der Waals surface area contributed by atoms with Crippen molar-refractivity contribution in [1.29, 1.82) is 0 Å². The second kappa shape index (κ2) is 11.3. The van der Waals surface area contributed by atoms with Gasteiger partial charge in [-0.3, -0.25) is 9.19 Å². The molecule has 40 heavy (non-hydrogen) atoms. The Labute approximate surface area is 228 Å². The van der Waals surface area contributed by atoms with E-state index in [2.05, 4.69) is 9.97 Å². The molecule has 0 radical (unpaired) electrons. The number of halogens is 3. The van der Waals surface area contributed by atoms with Crippen molar-refractivity contribution in [3.63, 3.8) is 0 Å². The summed E-state index contributed by atoms with van der Waals surface area (Å²) in [6.45, 7) is 0.872. The molecule has 15 heteroatoms. The summed E-state index contributed by atoms with van der Waals surface area (Å²) in [6, 6.07) is 11.3. The molecule has 0 saturated heterocycles. The van der Waals surface area contributed by atoms with Gasteiger partial charge >= 0.3 is 12.1 Å². The summed E-state index contributed by atoms with van der Waals surface area (Å²) in [7, 11) is -6.50. The average molecular weight is 598 g/mol. The Morgan fingerprint density at radius 1 is 1.07 bits per heavy atom. The van der Waals surface area contributed by atoms with E-state index in [1.54, 1.807) is 25.1 Å². The fraction of sp³-hybridized carbons (Fsp3) is 0.240. The van der Waals surface area contributed by atoms with Crippen molar-refractivity contribution >= 4 is 37.8 Å². The third-order valence-electron chi connectivity index (χ3n) is 5.65. The predicted octanol–water partition coefficient (Wildman–Crippen LogP) is 4.00. The van der Waals surface area contributed by atoms with Gasteiger partial charge in [0.2, 0.25) is 5.16 Å². The standard InChI is InChI=1S/C25H22F3N3O7S2/c1-15-11-17(7-8-21(15)37-12-23(32)33)40(35,36)31-20-6-4-3-5-18(20)30-24(31)39(34)13-19-16(2)22(9-10-29-19)38-14-25(26,27)28/h3-11H,12-14H2,1-2H3,(H,32,33). The lowest BCUT2D eigenvalue weighted by molar-refractivity contribution is -0.153. The second-order valence-electron chi connectivity index (χ2n) is 8.54. The number of nitrogens with zero attached hydrogens (tertiary/aromatic N) is 3. The van der Waals surface area contributed by atoms with E-state index in [9.17, 15) is 30.6 Å². The van der Waals surface area contributed by atoms with Crippen molar-refractivity contribution in [2.24, 2.45) is 0 Å². The molecular formula is C25H22F3N3O7S2. The molecule has 1 unspecified atom stereocenters. The molecule has 0 aliphatic heterocycles. The summed E-state index contributed by atoms with van der Waals surface area (Å²) in [5, 5.41) is 8.53. The van der Waals surface area contributed by atoms with E-state index in [-0.39, 0.29) is 49.6 Å². The molecule has 212 valence electrons. The van der Waals surface area contributed by atoms with Crippen LogP contribution in [0.5, 0.6) is 11.5 Å². The number of fused-ring (bicyclic) bond motifs is 1. The quantitative estimate of drug-likeness (QED) is 0.288. The Morgan fingerprint density at radius 3 is 2.48 bits per heavy atom. The number of imidazole rings is 1. The van der Waals surface area contributed by atoms with Crippen LogP contribution in [0.2, 0.25) is 0 Å². The zero-order valence-electron chi connectivity index (χ0n) is 21.0. The van der Waals surface area contributed by atoms with Crippen LogP contribution in [-0.4, -0.2) is 57.0 Å². The molecule has 0 aliphatic carbocycles. The van der Waals surface area contributed by atoms with Gasteiger partial charge in [-0.05, 0) is 55.8 Å². The number of carbonyl (C=O) groups is 1. The van der Waals surface area contributed by atoms with Crippen LogP contribution in [0.15, 0.2) is 64.8 Å². The van der Waals surface area contributed by atoms with Gasteiger partial charge in [-0.2, -0.15) is 13.2 Å². The van der Waals surface area contributed by atoms with Gasteiger partial charge in [0.25, 0.3) is 10.0 Å². The van der Waals surface area contributed by atoms with Crippen molar-refractivity contribution in [3.05, 3.63) is 71.5 Å². The first-order valence-electron chi connectivity index (χ1n) is 11.5. The zero-order chi connectivity index (χ0) is 29.2. The maximum absolute atomic E-state index is 13.8. The monoisotopic (exact) mass is 597 g/mol. The Hall–Kier alpha value is -3.98. The molecule has 2 aromatic carbocycles. The Bertz CT molecular complexity index is 1720. The van der Waals surface area contributed by atoms with Crippen molar-refractivity contribution < 1.29 is 45.2 Å². The molecule has 0 bridgehead atoms. The number of hydrogen-bond acceptors (Lipinski definition) is 8. The van der Waals surface area contributed by atoms with Gasteiger partial charge in [0.05, 0.1) is 38.2 Å². The summed E-state index contributed by atoms with van der Waals surface area (Å²) < 4.78 is 90.0. The Morgan fingerprint density at radius 2 is 1.80 bits per heavy atom. The van der Waals surface area contributed by atoms with E-state index in [4.69, 9.17) is 14.6 Å². The fourth-order valence-electron chi connectivity index (χ4n) is 3.76. The third kappa shape index (κ3) is 6.25. The van der Waals surface area contributed by atoms with Crippen LogP contribution in [-0.2, 0) is 31.4 Å². The molecule has 1 atom stereocenters.